The molecule has 0 aromatic heterocycles. The van der Waals surface area contributed by atoms with E-state index < -0.39 is 0 Å². The Labute approximate surface area is 124 Å². The van der Waals surface area contributed by atoms with E-state index in [0.29, 0.717) is 12.5 Å². The highest BCUT2D eigenvalue weighted by atomic mass is 79.9. The molecule has 0 spiro atoms. The first-order valence-corrected chi connectivity index (χ1v) is 7.48. The van der Waals surface area contributed by atoms with Gasteiger partial charge in [-0.15, -0.1) is 0 Å². The summed E-state index contributed by atoms with van der Waals surface area (Å²) in [5.41, 5.74) is 7.47. The van der Waals surface area contributed by atoms with E-state index in [2.05, 4.69) is 35.8 Å². The molecular weight excluding hydrogens is 306 g/mol. The van der Waals surface area contributed by atoms with Crippen molar-refractivity contribution < 1.29 is 9.47 Å². The van der Waals surface area contributed by atoms with E-state index in [0.717, 1.165) is 16.6 Å². The van der Waals surface area contributed by atoms with Gasteiger partial charge in [-0.05, 0) is 52.9 Å². The van der Waals surface area contributed by atoms with Crippen LogP contribution in [0.1, 0.15) is 26.3 Å². The van der Waals surface area contributed by atoms with Crippen LogP contribution in [0.25, 0.3) is 0 Å². The van der Waals surface area contributed by atoms with Crippen molar-refractivity contribution in [1.29, 1.82) is 0 Å². The summed E-state index contributed by atoms with van der Waals surface area (Å²) in [5.74, 6) is 1.25. The molecule has 0 aliphatic rings. The molecule has 0 radical (unpaired) electrons. The molecule has 1 aromatic carbocycles. The Kier molecular flexibility index (Phi) is 6.83. The van der Waals surface area contributed by atoms with Crippen molar-refractivity contribution in [2.45, 2.75) is 39.3 Å². The molecular formula is C15H24BrNO2. The third-order valence-electron chi connectivity index (χ3n) is 3.13. The third-order valence-corrected chi connectivity index (χ3v) is 3.75. The van der Waals surface area contributed by atoms with Gasteiger partial charge in [0, 0.05) is 12.6 Å². The van der Waals surface area contributed by atoms with Crippen LogP contribution in [-0.2, 0) is 11.2 Å². The van der Waals surface area contributed by atoms with Crippen LogP contribution in [-0.4, -0.2) is 25.9 Å². The quantitative estimate of drug-likeness (QED) is 0.833. The zero-order chi connectivity index (χ0) is 14.4. The maximum Gasteiger partial charge on any atom is 0.133 e. The largest absolute Gasteiger partial charge is 0.496 e. The molecule has 2 atom stereocenters. The van der Waals surface area contributed by atoms with Gasteiger partial charge in [0.15, 0.2) is 0 Å². The summed E-state index contributed by atoms with van der Waals surface area (Å²) in [6, 6.07) is 6.06. The van der Waals surface area contributed by atoms with E-state index in [4.69, 9.17) is 15.2 Å². The number of hydrogen-bond acceptors (Lipinski definition) is 3. The fourth-order valence-electron chi connectivity index (χ4n) is 2.23. The Morgan fingerprint density at radius 3 is 2.47 bits per heavy atom. The lowest BCUT2D eigenvalue weighted by Gasteiger charge is -2.27. The van der Waals surface area contributed by atoms with Gasteiger partial charge in [-0.1, -0.05) is 19.9 Å². The van der Waals surface area contributed by atoms with Gasteiger partial charge in [0.05, 0.1) is 17.7 Å². The molecule has 0 amide bonds. The van der Waals surface area contributed by atoms with Crippen molar-refractivity contribution in [3.8, 4) is 5.75 Å². The zero-order valence-corrected chi connectivity index (χ0v) is 13.7. The molecule has 0 saturated carbocycles. The number of methoxy groups -OCH3 is 1. The van der Waals surface area contributed by atoms with E-state index in [-0.39, 0.29) is 12.1 Å². The van der Waals surface area contributed by atoms with Gasteiger partial charge in [0.2, 0.25) is 0 Å². The number of hydrogen-bond donors (Lipinski definition) is 1. The van der Waals surface area contributed by atoms with Crippen LogP contribution in [0.5, 0.6) is 5.75 Å². The molecule has 2 N–H and O–H groups in total. The van der Waals surface area contributed by atoms with Crippen LogP contribution in [0.15, 0.2) is 22.7 Å². The van der Waals surface area contributed by atoms with Crippen LogP contribution in [0.2, 0.25) is 0 Å². The van der Waals surface area contributed by atoms with E-state index >= 15 is 0 Å². The molecule has 0 aliphatic carbocycles. The molecule has 0 heterocycles. The summed E-state index contributed by atoms with van der Waals surface area (Å²) in [4.78, 5) is 0. The van der Waals surface area contributed by atoms with Gasteiger partial charge in [-0.3, -0.25) is 0 Å². The molecule has 2 unspecified atom stereocenters. The molecule has 4 heteroatoms. The average Bonchev–Trinajstić information content (AvgIpc) is 2.35. The second-order valence-corrected chi connectivity index (χ2v) is 5.86. The molecule has 0 saturated heterocycles. The summed E-state index contributed by atoms with van der Waals surface area (Å²) >= 11 is 3.50. The van der Waals surface area contributed by atoms with Crippen LogP contribution >= 0.6 is 15.9 Å². The van der Waals surface area contributed by atoms with Crippen LogP contribution in [0.4, 0.5) is 0 Å². The second kappa shape index (κ2) is 7.88. The first-order chi connectivity index (χ1) is 8.99. The highest BCUT2D eigenvalue weighted by Crippen LogP contribution is 2.26. The molecule has 19 heavy (non-hydrogen) atoms. The normalized spacial score (nSPS) is 14.5. The van der Waals surface area contributed by atoms with Crippen LogP contribution < -0.4 is 10.5 Å². The lowest BCUT2D eigenvalue weighted by molar-refractivity contribution is 0.0128. The smallest absolute Gasteiger partial charge is 0.133 e. The highest BCUT2D eigenvalue weighted by Gasteiger charge is 2.22. The second-order valence-electron chi connectivity index (χ2n) is 5.00. The van der Waals surface area contributed by atoms with Gasteiger partial charge in [0.1, 0.15) is 5.75 Å². The van der Waals surface area contributed by atoms with Crippen molar-refractivity contribution >= 4 is 15.9 Å². The minimum atomic E-state index is 0.000227. The molecule has 3 nitrogen and oxygen atoms in total. The average molecular weight is 330 g/mol. The minimum absolute atomic E-state index is 0.000227. The first kappa shape index (κ1) is 16.5. The summed E-state index contributed by atoms with van der Waals surface area (Å²) in [7, 11) is 1.66. The molecule has 1 rings (SSSR count). The molecule has 108 valence electrons. The predicted octanol–water partition coefficient (Wildman–Crippen LogP) is 3.39. The topological polar surface area (TPSA) is 44.5 Å². The number of nitrogens with two attached hydrogens (primary N) is 1. The minimum Gasteiger partial charge on any atom is -0.496 e. The molecule has 0 bridgehead atoms. The fourth-order valence-corrected chi connectivity index (χ4v) is 2.82. The van der Waals surface area contributed by atoms with Crippen LogP contribution in [0.3, 0.4) is 0 Å². The van der Waals surface area contributed by atoms with Crippen molar-refractivity contribution in [3.63, 3.8) is 0 Å². The van der Waals surface area contributed by atoms with E-state index in [1.807, 2.05) is 19.1 Å². The highest BCUT2D eigenvalue weighted by molar-refractivity contribution is 9.10. The Balaban J connectivity index is 2.74. The Bertz CT molecular complexity index is 396. The Morgan fingerprint density at radius 2 is 2.00 bits per heavy atom. The fraction of sp³-hybridized carbons (Fsp3) is 0.600. The summed E-state index contributed by atoms with van der Waals surface area (Å²) < 4.78 is 11.9. The van der Waals surface area contributed by atoms with Crippen molar-refractivity contribution in [2.24, 2.45) is 11.7 Å². The number of rotatable bonds is 7. The molecule has 1 aromatic rings. The van der Waals surface area contributed by atoms with E-state index in [1.54, 1.807) is 7.11 Å². The maximum absolute atomic E-state index is 6.29. The predicted molar refractivity (Wildman–Crippen MR) is 82.6 cm³/mol. The lowest BCUT2D eigenvalue weighted by atomic mass is 9.94. The zero-order valence-electron chi connectivity index (χ0n) is 12.2. The van der Waals surface area contributed by atoms with Gasteiger partial charge >= 0.3 is 0 Å². The van der Waals surface area contributed by atoms with E-state index in [9.17, 15) is 0 Å². The van der Waals surface area contributed by atoms with Crippen molar-refractivity contribution in [3.05, 3.63) is 28.2 Å². The summed E-state index contributed by atoms with van der Waals surface area (Å²) in [5, 5.41) is 0. The summed E-state index contributed by atoms with van der Waals surface area (Å²) in [6.45, 7) is 6.99. The van der Waals surface area contributed by atoms with Crippen molar-refractivity contribution in [2.75, 3.05) is 13.7 Å². The number of benzene rings is 1. The van der Waals surface area contributed by atoms with Gasteiger partial charge in [-0.2, -0.15) is 0 Å². The number of halogens is 1. The SMILES string of the molecule is CCOC(C(C)C)C(N)Cc1ccc(OC)c(Br)c1. The van der Waals surface area contributed by atoms with E-state index in [1.165, 1.54) is 5.56 Å². The van der Waals surface area contributed by atoms with Crippen molar-refractivity contribution in [1.82, 2.24) is 0 Å². The Morgan fingerprint density at radius 1 is 1.32 bits per heavy atom. The van der Waals surface area contributed by atoms with Gasteiger partial charge in [0.25, 0.3) is 0 Å². The molecule has 0 aliphatic heterocycles. The monoisotopic (exact) mass is 329 g/mol. The third kappa shape index (κ3) is 4.79. The first-order valence-electron chi connectivity index (χ1n) is 6.69. The van der Waals surface area contributed by atoms with Gasteiger partial charge < -0.3 is 15.2 Å². The maximum atomic E-state index is 6.29. The standard InChI is InChI=1S/C15H24BrNO2/c1-5-19-15(10(2)3)13(17)9-11-6-7-14(18-4)12(16)8-11/h6-8,10,13,15H,5,9,17H2,1-4H3. The molecule has 0 fully saturated rings. The lowest BCUT2D eigenvalue weighted by Crippen LogP contribution is -2.42. The Hall–Kier alpha value is -0.580. The summed E-state index contributed by atoms with van der Waals surface area (Å²) in [6.07, 6.45) is 0.886. The van der Waals surface area contributed by atoms with Crippen LogP contribution in [0, 0.1) is 5.92 Å². The number of ether oxygens (including phenoxy) is 2. The van der Waals surface area contributed by atoms with Gasteiger partial charge in [-0.25, -0.2) is 0 Å².